The minimum Gasteiger partial charge on any atom is -0.493 e. The molecule has 0 aliphatic rings. The maximum absolute atomic E-state index is 12.7. The standard InChI is InChI=1S/C24H22N2O6S/c1-3-31-20-11-6-5-8-16(20)12-13-21(27)25-23-22(24(28)32-4-2)19(15-33-23)17-9-7-10-18(14-17)26(29)30/h5-15H,3-4H2,1-2H3,(H,25,27)/b13-12+. The van der Waals surface area contributed by atoms with E-state index in [2.05, 4.69) is 5.32 Å². The van der Waals surface area contributed by atoms with E-state index in [-0.39, 0.29) is 17.9 Å². The Hall–Kier alpha value is -3.98. The Morgan fingerprint density at radius 1 is 1.12 bits per heavy atom. The lowest BCUT2D eigenvalue weighted by molar-refractivity contribution is -0.384. The molecule has 1 aromatic heterocycles. The molecule has 1 N–H and O–H groups in total. The van der Waals surface area contributed by atoms with Crippen LogP contribution in [0.4, 0.5) is 10.7 Å². The van der Waals surface area contributed by atoms with Crippen molar-refractivity contribution in [1.29, 1.82) is 0 Å². The van der Waals surface area contributed by atoms with Gasteiger partial charge in [-0.25, -0.2) is 4.79 Å². The molecular formula is C24H22N2O6S. The topological polar surface area (TPSA) is 108 Å². The molecule has 1 heterocycles. The van der Waals surface area contributed by atoms with Gasteiger partial charge in [-0.15, -0.1) is 11.3 Å². The van der Waals surface area contributed by atoms with E-state index in [1.54, 1.807) is 24.4 Å². The van der Waals surface area contributed by atoms with Gasteiger partial charge in [0, 0.05) is 34.7 Å². The highest BCUT2D eigenvalue weighted by molar-refractivity contribution is 7.15. The summed E-state index contributed by atoms with van der Waals surface area (Å²) in [6.45, 7) is 4.19. The van der Waals surface area contributed by atoms with Gasteiger partial charge < -0.3 is 14.8 Å². The molecule has 1 amide bonds. The Labute approximate surface area is 194 Å². The van der Waals surface area contributed by atoms with E-state index in [9.17, 15) is 19.7 Å². The molecule has 170 valence electrons. The average Bonchev–Trinajstić information content (AvgIpc) is 3.22. The summed E-state index contributed by atoms with van der Waals surface area (Å²) in [7, 11) is 0. The molecule has 0 bridgehead atoms. The van der Waals surface area contributed by atoms with Crippen LogP contribution in [0.2, 0.25) is 0 Å². The molecule has 0 unspecified atom stereocenters. The normalized spacial score (nSPS) is 10.7. The van der Waals surface area contributed by atoms with Gasteiger partial charge in [0.25, 0.3) is 5.69 Å². The van der Waals surface area contributed by atoms with Crippen LogP contribution >= 0.6 is 11.3 Å². The summed E-state index contributed by atoms with van der Waals surface area (Å²) in [4.78, 5) is 35.9. The quantitative estimate of drug-likeness (QED) is 0.192. The fourth-order valence-corrected chi connectivity index (χ4v) is 4.04. The maximum Gasteiger partial charge on any atom is 0.341 e. The van der Waals surface area contributed by atoms with Crippen molar-refractivity contribution in [3.05, 3.63) is 81.2 Å². The third-order valence-electron chi connectivity index (χ3n) is 4.51. The molecule has 33 heavy (non-hydrogen) atoms. The summed E-state index contributed by atoms with van der Waals surface area (Å²) >= 11 is 1.14. The monoisotopic (exact) mass is 466 g/mol. The van der Waals surface area contributed by atoms with Crippen molar-refractivity contribution >= 4 is 40.0 Å². The first-order valence-electron chi connectivity index (χ1n) is 10.2. The van der Waals surface area contributed by atoms with Gasteiger partial charge in [-0.1, -0.05) is 30.3 Å². The molecule has 0 saturated carbocycles. The molecule has 3 aromatic rings. The van der Waals surface area contributed by atoms with Crippen LogP contribution in [-0.2, 0) is 9.53 Å². The van der Waals surface area contributed by atoms with Crippen LogP contribution in [0.25, 0.3) is 17.2 Å². The SMILES string of the molecule is CCOC(=O)c1c(-c2cccc([N+](=O)[O-])c2)csc1NC(=O)/C=C/c1ccccc1OCC. The number of anilines is 1. The van der Waals surface area contributed by atoms with Crippen LogP contribution < -0.4 is 10.1 Å². The van der Waals surface area contributed by atoms with E-state index >= 15 is 0 Å². The summed E-state index contributed by atoms with van der Waals surface area (Å²) in [6.07, 6.45) is 2.97. The number of ether oxygens (including phenoxy) is 2. The first-order chi connectivity index (χ1) is 15.9. The Bertz CT molecular complexity index is 1200. The van der Waals surface area contributed by atoms with Crippen molar-refractivity contribution in [3.8, 4) is 16.9 Å². The number of amides is 1. The van der Waals surface area contributed by atoms with Crippen LogP contribution in [0.3, 0.4) is 0 Å². The van der Waals surface area contributed by atoms with Gasteiger partial charge in [-0.05, 0) is 31.6 Å². The van der Waals surface area contributed by atoms with Gasteiger partial charge in [-0.2, -0.15) is 0 Å². The molecule has 0 spiro atoms. The van der Waals surface area contributed by atoms with Gasteiger partial charge in [-0.3, -0.25) is 14.9 Å². The van der Waals surface area contributed by atoms with Crippen molar-refractivity contribution in [1.82, 2.24) is 0 Å². The Kier molecular flexibility index (Phi) is 7.93. The summed E-state index contributed by atoms with van der Waals surface area (Å²) in [5.41, 5.74) is 1.71. The highest BCUT2D eigenvalue weighted by atomic mass is 32.1. The predicted octanol–water partition coefficient (Wildman–Crippen LogP) is 5.55. The van der Waals surface area contributed by atoms with E-state index in [1.807, 2.05) is 31.2 Å². The molecule has 0 saturated heterocycles. The number of rotatable bonds is 9. The number of hydrogen-bond donors (Lipinski definition) is 1. The van der Waals surface area contributed by atoms with E-state index < -0.39 is 16.8 Å². The Balaban J connectivity index is 1.90. The Morgan fingerprint density at radius 2 is 1.91 bits per heavy atom. The van der Waals surface area contributed by atoms with Gasteiger partial charge in [0.05, 0.1) is 18.1 Å². The molecule has 8 nitrogen and oxygen atoms in total. The number of thiophene rings is 1. The van der Waals surface area contributed by atoms with Crippen molar-refractivity contribution < 1.29 is 24.0 Å². The summed E-state index contributed by atoms with van der Waals surface area (Å²) in [5, 5.41) is 15.8. The van der Waals surface area contributed by atoms with Crippen LogP contribution in [0.15, 0.2) is 60.0 Å². The van der Waals surface area contributed by atoms with E-state index in [4.69, 9.17) is 9.47 Å². The summed E-state index contributed by atoms with van der Waals surface area (Å²) in [6, 6.07) is 13.3. The molecule has 0 aliphatic carbocycles. The molecule has 0 atom stereocenters. The third-order valence-corrected chi connectivity index (χ3v) is 5.40. The summed E-state index contributed by atoms with van der Waals surface area (Å²) in [5.74, 6) is -0.416. The number of para-hydroxylation sites is 1. The zero-order valence-corrected chi connectivity index (χ0v) is 18.9. The zero-order valence-electron chi connectivity index (χ0n) is 18.1. The maximum atomic E-state index is 12.7. The number of nitro groups is 1. The van der Waals surface area contributed by atoms with E-state index in [1.165, 1.54) is 24.3 Å². The lowest BCUT2D eigenvalue weighted by Crippen LogP contribution is -2.12. The number of benzene rings is 2. The molecule has 9 heteroatoms. The zero-order chi connectivity index (χ0) is 23.8. The molecule has 0 radical (unpaired) electrons. The minimum atomic E-state index is -0.624. The second kappa shape index (κ2) is 11.1. The smallest absolute Gasteiger partial charge is 0.341 e. The number of carbonyl (C=O) groups excluding carboxylic acids is 2. The molecular weight excluding hydrogens is 444 g/mol. The van der Waals surface area contributed by atoms with Crippen LogP contribution in [0, 0.1) is 10.1 Å². The number of nitro benzene ring substituents is 1. The molecule has 0 aliphatic heterocycles. The number of nitrogens with one attached hydrogen (secondary N) is 1. The summed E-state index contributed by atoms with van der Waals surface area (Å²) < 4.78 is 10.7. The van der Waals surface area contributed by atoms with Crippen molar-refractivity contribution in [2.75, 3.05) is 18.5 Å². The average molecular weight is 467 g/mol. The number of hydrogen-bond acceptors (Lipinski definition) is 7. The lowest BCUT2D eigenvalue weighted by Gasteiger charge is -2.08. The molecule has 0 fully saturated rings. The third kappa shape index (κ3) is 5.83. The number of non-ortho nitro benzene ring substituents is 1. The van der Waals surface area contributed by atoms with Crippen LogP contribution in [-0.4, -0.2) is 30.0 Å². The highest BCUT2D eigenvalue weighted by Gasteiger charge is 2.23. The first kappa shape index (κ1) is 23.7. The van der Waals surface area contributed by atoms with Crippen molar-refractivity contribution in [3.63, 3.8) is 0 Å². The van der Waals surface area contributed by atoms with Gasteiger partial charge in [0.1, 0.15) is 16.3 Å². The van der Waals surface area contributed by atoms with Gasteiger partial charge in [0.2, 0.25) is 5.91 Å². The van der Waals surface area contributed by atoms with Gasteiger partial charge in [0.15, 0.2) is 0 Å². The highest BCUT2D eigenvalue weighted by Crippen LogP contribution is 2.37. The van der Waals surface area contributed by atoms with E-state index in [0.717, 1.165) is 16.9 Å². The second-order valence-electron chi connectivity index (χ2n) is 6.67. The largest absolute Gasteiger partial charge is 0.493 e. The van der Waals surface area contributed by atoms with Crippen molar-refractivity contribution in [2.45, 2.75) is 13.8 Å². The number of nitrogens with zero attached hydrogens (tertiary/aromatic N) is 1. The molecule has 2 aromatic carbocycles. The predicted molar refractivity (Wildman–Crippen MR) is 128 cm³/mol. The number of carbonyl (C=O) groups is 2. The lowest BCUT2D eigenvalue weighted by atomic mass is 10.0. The number of esters is 1. The van der Waals surface area contributed by atoms with Crippen molar-refractivity contribution in [2.24, 2.45) is 0 Å². The van der Waals surface area contributed by atoms with Gasteiger partial charge >= 0.3 is 5.97 Å². The fourth-order valence-electron chi connectivity index (χ4n) is 3.08. The minimum absolute atomic E-state index is 0.102. The molecule has 3 rings (SSSR count). The van der Waals surface area contributed by atoms with Crippen LogP contribution in [0.5, 0.6) is 5.75 Å². The fraction of sp³-hybridized carbons (Fsp3) is 0.167. The first-order valence-corrected chi connectivity index (χ1v) is 11.1. The Morgan fingerprint density at radius 3 is 2.64 bits per heavy atom. The second-order valence-corrected chi connectivity index (χ2v) is 7.55. The van der Waals surface area contributed by atoms with E-state index in [0.29, 0.717) is 28.5 Å². The van der Waals surface area contributed by atoms with Crippen LogP contribution in [0.1, 0.15) is 29.8 Å².